The molecule has 0 radical (unpaired) electrons. The minimum Gasteiger partial charge on any atom is -0.396 e. The molecule has 4 atom stereocenters. The summed E-state index contributed by atoms with van der Waals surface area (Å²) in [5.74, 6) is -1.50. The zero-order valence-corrected chi connectivity index (χ0v) is 22.9. The maximum atomic E-state index is 13.9. The Morgan fingerprint density at radius 2 is 1.72 bits per heavy atom. The minimum absolute atomic E-state index is 0.0663. The van der Waals surface area contributed by atoms with Gasteiger partial charge < -0.3 is 26.0 Å². The summed E-state index contributed by atoms with van der Waals surface area (Å²) in [7, 11) is 0. The molecule has 2 fully saturated rings. The van der Waals surface area contributed by atoms with Gasteiger partial charge in [0.2, 0.25) is 23.6 Å². The first kappa shape index (κ1) is 28.5. The van der Waals surface area contributed by atoms with Crippen LogP contribution in [-0.4, -0.2) is 70.5 Å². The number of carbonyl (C=O) groups excluding carboxylic acids is 4. The average molecular weight is 537 g/mol. The predicted octanol–water partition coefficient (Wildman–Crippen LogP) is 2.19. The molecule has 2 aromatic rings. The summed E-state index contributed by atoms with van der Waals surface area (Å²) in [6, 6.07) is 11.5. The third kappa shape index (κ3) is 6.58. The van der Waals surface area contributed by atoms with Crippen molar-refractivity contribution in [2.45, 2.75) is 88.9 Å². The van der Waals surface area contributed by atoms with Gasteiger partial charge in [-0.05, 0) is 55.4 Å². The molecule has 4 amide bonds. The van der Waals surface area contributed by atoms with E-state index in [0.717, 1.165) is 16.3 Å². The van der Waals surface area contributed by atoms with Gasteiger partial charge in [-0.1, -0.05) is 62.2 Å². The molecule has 0 aliphatic carbocycles. The van der Waals surface area contributed by atoms with Crippen molar-refractivity contribution in [3.63, 3.8) is 0 Å². The summed E-state index contributed by atoms with van der Waals surface area (Å²) in [5, 5.41) is 19.9. The largest absolute Gasteiger partial charge is 0.396 e. The van der Waals surface area contributed by atoms with Gasteiger partial charge in [0.1, 0.15) is 23.7 Å². The highest BCUT2D eigenvalue weighted by molar-refractivity contribution is 5.99. The lowest BCUT2D eigenvalue weighted by Crippen LogP contribution is -2.65. The van der Waals surface area contributed by atoms with Gasteiger partial charge in [-0.2, -0.15) is 0 Å². The highest BCUT2D eigenvalue weighted by Gasteiger charge is 2.43. The van der Waals surface area contributed by atoms with Gasteiger partial charge in [-0.25, -0.2) is 0 Å². The number of hydrogen-bond acceptors (Lipinski definition) is 5. The topological polar surface area (TPSA) is 128 Å². The van der Waals surface area contributed by atoms with Crippen molar-refractivity contribution in [1.29, 1.82) is 0 Å². The molecule has 210 valence electrons. The molecule has 4 N–H and O–H groups in total. The number of aliphatic hydroxyl groups is 1. The van der Waals surface area contributed by atoms with Crippen molar-refractivity contribution in [3.8, 4) is 0 Å². The molecule has 0 spiro atoms. The number of amides is 4. The van der Waals surface area contributed by atoms with Crippen LogP contribution in [0.2, 0.25) is 0 Å². The quantitative estimate of drug-likeness (QED) is 0.385. The van der Waals surface area contributed by atoms with Crippen molar-refractivity contribution >= 4 is 34.4 Å². The number of carbonyl (C=O) groups is 4. The number of nitrogens with zero attached hydrogens (tertiary/aromatic N) is 1. The monoisotopic (exact) mass is 536 g/mol. The first-order chi connectivity index (χ1) is 18.8. The van der Waals surface area contributed by atoms with Crippen LogP contribution in [0.1, 0.15) is 64.4 Å². The van der Waals surface area contributed by atoms with E-state index in [0.29, 0.717) is 51.5 Å². The summed E-state index contributed by atoms with van der Waals surface area (Å²) in [4.78, 5) is 55.9. The number of fused-ring (bicyclic) bond motifs is 2. The van der Waals surface area contributed by atoms with Gasteiger partial charge in [0.15, 0.2) is 0 Å². The zero-order valence-electron chi connectivity index (χ0n) is 22.9. The van der Waals surface area contributed by atoms with E-state index in [4.69, 9.17) is 5.11 Å². The van der Waals surface area contributed by atoms with Crippen LogP contribution in [0, 0.1) is 0 Å². The highest BCUT2D eigenvalue weighted by Crippen LogP contribution is 2.23. The third-order valence-electron chi connectivity index (χ3n) is 8.09. The molecule has 9 nitrogen and oxygen atoms in total. The lowest BCUT2D eigenvalue weighted by Gasteiger charge is -2.36. The van der Waals surface area contributed by atoms with E-state index in [2.05, 4.69) is 16.0 Å². The Morgan fingerprint density at radius 1 is 0.949 bits per heavy atom. The molecule has 2 heterocycles. The maximum absolute atomic E-state index is 13.9. The van der Waals surface area contributed by atoms with Gasteiger partial charge in [0, 0.05) is 19.6 Å². The molecule has 0 bridgehead atoms. The van der Waals surface area contributed by atoms with Gasteiger partial charge in [0.05, 0.1) is 0 Å². The number of rotatable bonds is 8. The lowest BCUT2D eigenvalue weighted by atomic mass is 9.94. The van der Waals surface area contributed by atoms with Crippen molar-refractivity contribution < 1.29 is 24.3 Å². The molecule has 0 aromatic heterocycles. The second kappa shape index (κ2) is 12.6. The Morgan fingerprint density at radius 3 is 2.46 bits per heavy atom. The molecular weight excluding hydrogens is 496 g/mol. The van der Waals surface area contributed by atoms with Crippen LogP contribution in [0.5, 0.6) is 0 Å². The van der Waals surface area contributed by atoms with Crippen molar-refractivity contribution in [2.24, 2.45) is 0 Å². The van der Waals surface area contributed by atoms with Gasteiger partial charge in [0.25, 0.3) is 0 Å². The van der Waals surface area contributed by atoms with Gasteiger partial charge in [-0.15, -0.1) is 0 Å². The number of hydrogen-bond donors (Lipinski definition) is 4. The van der Waals surface area contributed by atoms with Crippen LogP contribution >= 0.6 is 0 Å². The van der Waals surface area contributed by atoms with Crippen LogP contribution in [0.3, 0.4) is 0 Å². The summed E-state index contributed by atoms with van der Waals surface area (Å²) in [6.45, 7) is 3.93. The Labute approximate surface area is 229 Å². The number of unbranched alkanes of at least 4 members (excludes halogenated alkanes) is 2. The fraction of sp³-hybridized carbons (Fsp3) is 0.533. The van der Waals surface area contributed by atoms with E-state index in [9.17, 15) is 19.2 Å². The van der Waals surface area contributed by atoms with E-state index >= 15 is 0 Å². The summed E-state index contributed by atoms with van der Waals surface area (Å²) in [6.07, 6.45) is 4.08. The Balaban J connectivity index is 1.64. The van der Waals surface area contributed by atoms with E-state index < -0.39 is 35.5 Å². The van der Waals surface area contributed by atoms with Crippen LogP contribution in [0.15, 0.2) is 42.5 Å². The molecule has 0 saturated carbocycles. The van der Waals surface area contributed by atoms with Crippen molar-refractivity contribution in [2.75, 3.05) is 13.2 Å². The van der Waals surface area contributed by atoms with E-state index in [1.807, 2.05) is 42.5 Å². The zero-order chi connectivity index (χ0) is 28.0. The number of nitrogens with one attached hydrogen (secondary N) is 3. The smallest absolute Gasteiger partial charge is 0.246 e. The molecule has 1 unspecified atom stereocenters. The van der Waals surface area contributed by atoms with Crippen LogP contribution in [0.25, 0.3) is 10.8 Å². The first-order valence-electron chi connectivity index (χ1n) is 14.1. The standard InChI is InChI=1S/C30H40N4O5/c1-3-30(2)29(39)32-24(19-20-14-15-21-10-6-7-11-22(21)18-20)28(38)34-16-9-13-25(34)27(37)31-23(26(36)33-30)12-5-4-8-17-35/h6-7,10-11,14-15,18,23-25,35H,3-5,8-9,12-13,16-17,19H2,1-2H3,(H,31,37)(H,32,39)(H,33,36)/t23-,24?,25+,30-/m0/s1. The van der Waals surface area contributed by atoms with Crippen LogP contribution < -0.4 is 16.0 Å². The van der Waals surface area contributed by atoms with Crippen molar-refractivity contribution in [3.05, 3.63) is 48.0 Å². The normalized spacial score (nSPS) is 26.3. The Bertz CT molecular complexity index is 1220. The van der Waals surface area contributed by atoms with E-state index in [1.165, 1.54) is 0 Å². The number of aliphatic hydroxyl groups excluding tert-OH is 1. The molecule has 2 aliphatic heterocycles. The Hall–Kier alpha value is -3.46. The molecule has 39 heavy (non-hydrogen) atoms. The van der Waals surface area contributed by atoms with Crippen LogP contribution in [0.4, 0.5) is 0 Å². The summed E-state index contributed by atoms with van der Waals surface area (Å²) >= 11 is 0. The second-order valence-corrected chi connectivity index (χ2v) is 10.9. The minimum atomic E-state index is -1.27. The SMILES string of the molecule is CC[C@]1(C)NC(=O)[C@H](CCCCCO)NC(=O)[C@H]2CCCN2C(=O)C(Cc2ccc3ccccc3c2)NC1=O. The van der Waals surface area contributed by atoms with Gasteiger partial charge >= 0.3 is 0 Å². The molecule has 2 aromatic carbocycles. The average Bonchev–Trinajstić information content (AvgIpc) is 3.43. The maximum Gasteiger partial charge on any atom is 0.246 e. The second-order valence-electron chi connectivity index (χ2n) is 10.9. The molecule has 4 rings (SSSR count). The van der Waals surface area contributed by atoms with E-state index in [1.54, 1.807) is 18.7 Å². The fourth-order valence-electron chi connectivity index (χ4n) is 5.46. The Kier molecular flexibility index (Phi) is 9.22. The molecule has 2 aliphatic rings. The van der Waals surface area contributed by atoms with Crippen LogP contribution in [-0.2, 0) is 25.6 Å². The summed E-state index contributed by atoms with van der Waals surface area (Å²) in [5.41, 5.74) is -0.374. The molecule has 2 saturated heterocycles. The molecule has 9 heteroatoms. The first-order valence-corrected chi connectivity index (χ1v) is 14.1. The third-order valence-corrected chi connectivity index (χ3v) is 8.09. The van der Waals surface area contributed by atoms with Crippen molar-refractivity contribution in [1.82, 2.24) is 20.9 Å². The number of benzene rings is 2. The van der Waals surface area contributed by atoms with Gasteiger partial charge in [-0.3, -0.25) is 19.2 Å². The summed E-state index contributed by atoms with van der Waals surface area (Å²) < 4.78 is 0. The molecular formula is C30H40N4O5. The fourth-order valence-corrected chi connectivity index (χ4v) is 5.46. The predicted molar refractivity (Wildman–Crippen MR) is 149 cm³/mol. The lowest BCUT2D eigenvalue weighted by molar-refractivity contribution is -0.144. The van der Waals surface area contributed by atoms with E-state index in [-0.39, 0.29) is 24.8 Å². The highest BCUT2D eigenvalue weighted by atomic mass is 16.3.